The molecule has 1 aromatic rings. The fraction of sp³-hybridized carbons (Fsp3) is 0.333. The number of ether oxygens (including phenoxy) is 2. The molecule has 1 amide bonds. The number of hydrogen-bond acceptors (Lipinski definition) is 4. The van der Waals surface area contributed by atoms with E-state index in [0.29, 0.717) is 26.3 Å². The summed E-state index contributed by atoms with van der Waals surface area (Å²) in [5.41, 5.74) is -0.375. The number of aliphatic carboxylic acids is 1. The number of morpholine rings is 1. The van der Waals surface area contributed by atoms with Gasteiger partial charge in [0.25, 0.3) is 0 Å². The molecule has 0 atom stereocenters. The van der Waals surface area contributed by atoms with Crippen molar-refractivity contribution in [2.45, 2.75) is 5.92 Å². The molecule has 27 heavy (non-hydrogen) atoms. The highest BCUT2D eigenvalue weighted by Gasteiger charge is 2.33. The van der Waals surface area contributed by atoms with E-state index >= 15 is 0 Å². The van der Waals surface area contributed by atoms with Gasteiger partial charge in [0.05, 0.1) is 20.3 Å². The lowest BCUT2D eigenvalue weighted by Gasteiger charge is -2.27. The minimum Gasteiger partial charge on any atom is -0.496 e. The lowest BCUT2D eigenvalue weighted by Crippen LogP contribution is -2.40. The minimum atomic E-state index is -1.33. The molecular weight excluding hydrogens is 346 g/mol. The van der Waals surface area contributed by atoms with Gasteiger partial charge in [-0.1, -0.05) is 48.6 Å². The summed E-state index contributed by atoms with van der Waals surface area (Å²) in [7, 11) is 1.61. The van der Waals surface area contributed by atoms with Gasteiger partial charge in [-0.2, -0.15) is 0 Å². The molecule has 0 bridgehead atoms. The number of para-hydroxylation sites is 1. The van der Waals surface area contributed by atoms with Crippen LogP contribution in [-0.4, -0.2) is 55.3 Å². The maximum absolute atomic E-state index is 12.3. The van der Waals surface area contributed by atoms with Crippen LogP contribution in [0.25, 0.3) is 0 Å². The smallest absolute Gasteiger partial charge is 0.321 e. The van der Waals surface area contributed by atoms with E-state index in [1.165, 1.54) is 12.2 Å². The van der Waals surface area contributed by atoms with Crippen LogP contribution in [0.15, 0.2) is 60.7 Å². The average Bonchev–Trinajstić information content (AvgIpc) is 2.73. The number of nitrogens with zero attached hydrogens (tertiary/aromatic N) is 1. The number of carboxylic acids is 1. The first-order chi connectivity index (χ1) is 13.1. The molecule has 1 heterocycles. The number of methoxy groups -OCH3 is 1. The van der Waals surface area contributed by atoms with E-state index in [1.807, 2.05) is 36.4 Å². The number of benzene rings is 1. The second kappa shape index (κ2) is 8.22. The standard InChI is InChI=1S/C21H23NO5/c1-26-18-5-3-2-4-17(18)16-6-9-21(10-7-16,20(24)25)11-8-19(23)22-12-14-27-15-13-22/h2-11,16H,12-15H2,1H3,(H,24,25)/b11-8+. The second-order valence-corrected chi connectivity index (χ2v) is 6.50. The number of hydrogen-bond donors (Lipinski definition) is 1. The first kappa shape index (κ1) is 18.9. The van der Waals surface area contributed by atoms with Crippen molar-refractivity contribution in [2.24, 2.45) is 5.41 Å². The summed E-state index contributed by atoms with van der Waals surface area (Å²) in [6.45, 7) is 2.05. The van der Waals surface area contributed by atoms with Crippen LogP contribution in [-0.2, 0) is 14.3 Å². The van der Waals surface area contributed by atoms with Gasteiger partial charge in [0.1, 0.15) is 11.2 Å². The van der Waals surface area contributed by atoms with Gasteiger partial charge in [0.2, 0.25) is 5.91 Å². The van der Waals surface area contributed by atoms with Gasteiger partial charge in [-0.3, -0.25) is 9.59 Å². The molecule has 3 rings (SSSR count). The third-order valence-electron chi connectivity index (χ3n) is 4.85. The Morgan fingerprint density at radius 3 is 2.52 bits per heavy atom. The molecule has 6 nitrogen and oxygen atoms in total. The minimum absolute atomic E-state index is 0.0861. The van der Waals surface area contributed by atoms with Crippen LogP contribution in [0.2, 0.25) is 0 Å². The largest absolute Gasteiger partial charge is 0.496 e. The van der Waals surface area contributed by atoms with Crippen LogP contribution in [0.4, 0.5) is 0 Å². The maximum atomic E-state index is 12.3. The van der Waals surface area contributed by atoms with Crippen molar-refractivity contribution < 1.29 is 24.2 Å². The molecule has 0 radical (unpaired) electrons. The van der Waals surface area contributed by atoms with E-state index in [2.05, 4.69) is 0 Å². The summed E-state index contributed by atoms with van der Waals surface area (Å²) >= 11 is 0. The van der Waals surface area contributed by atoms with Crippen LogP contribution in [0, 0.1) is 5.41 Å². The quantitative estimate of drug-likeness (QED) is 0.637. The van der Waals surface area contributed by atoms with Crippen LogP contribution in [0.1, 0.15) is 11.5 Å². The zero-order valence-electron chi connectivity index (χ0n) is 15.2. The topological polar surface area (TPSA) is 76.1 Å². The molecule has 2 aliphatic rings. The normalized spacial score (nSPS) is 24.9. The summed E-state index contributed by atoms with van der Waals surface area (Å²) in [4.78, 5) is 25.9. The van der Waals surface area contributed by atoms with Gasteiger partial charge in [-0.25, -0.2) is 0 Å². The Kier molecular flexibility index (Phi) is 5.76. The Balaban J connectivity index is 1.78. The van der Waals surface area contributed by atoms with E-state index in [-0.39, 0.29) is 11.8 Å². The fourth-order valence-corrected chi connectivity index (χ4v) is 3.22. The van der Waals surface area contributed by atoms with Crippen molar-refractivity contribution in [3.63, 3.8) is 0 Å². The van der Waals surface area contributed by atoms with E-state index in [9.17, 15) is 14.7 Å². The summed E-state index contributed by atoms with van der Waals surface area (Å²) in [6, 6.07) is 7.63. The molecule has 1 aliphatic heterocycles. The Hall–Kier alpha value is -2.86. The summed E-state index contributed by atoms with van der Waals surface area (Å²) in [6.07, 6.45) is 9.69. The van der Waals surface area contributed by atoms with Gasteiger partial charge in [0, 0.05) is 30.6 Å². The predicted octanol–water partition coefficient (Wildman–Crippen LogP) is 2.39. The Labute approximate surface area is 158 Å². The van der Waals surface area contributed by atoms with Crippen molar-refractivity contribution in [3.8, 4) is 5.75 Å². The number of allylic oxidation sites excluding steroid dienone is 2. The number of amides is 1. The Morgan fingerprint density at radius 1 is 1.22 bits per heavy atom. The van der Waals surface area contributed by atoms with E-state index < -0.39 is 11.4 Å². The average molecular weight is 369 g/mol. The molecule has 1 fully saturated rings. The predicted molar refractivity (Wildman–Crippen MR) is 101 cm³/mol. The summed E-state index contributed by atoms with van der Waals surface area (Å²) in [5, 5.41) is 9.75. The zero-order chi connectivity index (χ0) is 19.3. The highest BCUT2D eigenvalue weighted by Crippen LogP contribution is 2.36. The number of carboxylic acid groups (broad SMARTS) is 1. The lowest BCUT2D eigenvalue weighted by atomic mass is 9.79. The lowest BCUT2D eigenvalue weighted by molar-refractivity contribution is -0.141. The second-order valence-electron chi connectivity index (χ2n) is 6.50. The number of rotatable bonds is 5. The Bertz CT molecular complexity index is 776. The van der Waals surface area contributed by atoms with E-state index in [1.54, 1.807) is 24.2 Å². The molecule has 6 heteroatoms. The van der Waals surface area contributed by atoms with Gasteiger partial charge in [0.15, 0.2) is 0 Å². The molecule has 1 N–H and O–H groups in total. The van der Waals surface area contributed by atoms with Gasteiger partial charge in [-0.15, -0.1) is 0 Å². The zero-order valence-corrected chi connectivity index (χ0v) is 15.2. The summed E-state index contributed by atoms with van der Waals surface area (Å²) < 4.78 is 10.6. The molecule has 0 aromatic heterocycles. The fourth-order valence-electron chi connectivity index (χ4n) is 3.22. The molecule has 0 unspecified atom stereocenters. The molecule has 1 aromatic carbocycles. The summed E-state index contributed by atoms with van der Waals surface area (Å²) in [5.74, 6) is -0.568. The molecular formula is C21H23NO5. The third kappa shape index (κ3) is 4.11. The van der Waals surface area contributed by atoms with Crippen LogP contribution in [0.5, 0.6) is 5.75 Å². The van der Waals surface area contributed by atoms with Crippen molar-refractivity contribution in [2.75, 3.05) is 33.4 Å². The van der Waals surface area contributed by atoms with Crippen LogP contribution in [0.3, 0.4) is 0 Å². The molecule has 142 valence electrons. The first-order valence-corrected chi connectivity index (χ1v) is 8.87. The molecule has 0 spiro atoms. The van der Waals surface area contributed by atoms with Crippen LogP contribution < -0.4 is 4.74 Å². The van der Waals surface area contributed by atoms with Crippen molar-refractivity contribution in [3.05, 3.63) is 66.3 Å². The highest BCUT2D eigenvalue weighted by atomic mass is 16.5. The van der Waals surface area contributed by atoms with Gasteiger partial charge < -0.3 is 19.5 Å². The Morgan fingerprint density at radius 2 is 1.89 bits per heavy atom. The monoisotopic (exact) mass is 369 g/mol. The van der Waals surface area contributed by atoms with E-state index in [4.69, 9.17) is 9.47 Å². The SMILES string of the molecule is COc1ccccc1C1C=CC(/C=C/C(=O)N2CCOCC2)(C(=O)O)C=C1. The van der Waals surface area contributed by atoms with Gasteiger partial charge in [-0.05, 0) is 6.07 Å². The number of carbonyl (C=O) groups is 2. The molecule has 0 saturated carbocycles. The van der Waals surface area contributed by atoms with Crippen molar-refractivity contribution in [1.82, 2.24) is 4.90 Å². The molecule has 1 saturated heterocycles. The number of carbonyl (C=O) groups excluding carboxylic acids is 1. The van der Waals surface area contributed by atoms with Gasteiger partial charge >= 0.3 is 5.97 Å². The first-order valence-electron chi connectivity index (χ1n) is 8.87. The van der Waals surface area contributed by atoms with Crippen LogP contribution >= 0.6 is 0 Å². The van der Waals surface area contributed by atoms with E-state index in [0.717, 1.165) is 11.3 Å². The third-order valence-corrected chi connectivity index (χ3v) is 4.85. The maximum Gasteiger partial charge on any atom is 0.321 e. The van der Waals surface area contributed by atoms with Crippen molar-refractivity contribution in [1.29, 1.82) is 0 Å². The van der Waals surface area contributed by atoms with Crippen molar-refractivity contribution >= 4 is 11.9 Å². The highest BCUT2D eigenvalue weighted by molar-refractivity contribution is 5.90. The molecule has 1 aliphatic carbocycles.